The van der Waals surface area contributed by atoms with Gasteiger partial charge in [0, 0.05) is 6.54 Å². The number of ether oxygens (including phenoxy) is 1. The standard InChI is InChI=1S/C15H18N2O5/c1-4-17-12(18)9-10(13(17)19)15(2,14(20)21-3)16-11(9)8-6-5-7-22-8/h5-7,9-11,16H,4H2,1-3H3. The summed E-state index contributed by atoms with van der Waals surface area (Å²) in [7, 11) is 1.27. The lowest BCUT2D eigenvalue weighted by molar-refractivity contribution is -0.153. The number of amides is 2. The van der Waals surface area contributed by atoms with Crippen LogP contribution in [0, 0.1) is 11.8 Å². The average molecular weight is 306 g/mol. The quantitative estimate of drug-likeness (QED) is 0.645. The summed E-state index contributed by atoms with van der Waals surface area (Å²) < 4.78 is 10.2. The first-order chi connectivity index (χ1) is 10.5. The molecule has 0 aromatic carbocycles. The Hall–Kier alpha value is -2.15. The summed E-state index contributed by atoms with van der Waals surface area (Å²) in [6.45, 7) is 3.62. The zero-order chi connectivity index (χ0) is 16.1. The van der Waals surface area contributed by atoms with Crippen LogP contribution in [0.3, 0.4) is 0 Å². The normalized spacial score (nSPS) is 34.1. The molecule has 0 saturated carbocycles. The number of furan rings is 1. The molecule has 2 aliphatic heterocycles. The molecule has 4 atom stereocenters. The summed E-state index contributed by atoms with van der Waals surface area (Å²) in [6, 6.07) is 2.90. The van der Waals surface area contributed by atoms with E-state index in [0.717, 1.165) is 0 Å². The van der Waals surface area contributed by atoms with Crippen LogP contribution in [0.4, 0.5) is 0 Å². The molecule has 1 aromatic rings. The van der Waals surface area contributed by atoms with Gasteiger partial charge in [-0.15, -0.1) is 0 Å². The molecular weight excluding hydrogens is 288 g/mol. The summed E-state index contributed by atoms with van der Waals surface area (Å²) in [5.74, 6) is -2.10. The van der Waals surface area contributed by atoms with Crippen LogP contribution in [-0.2, 0) is 19.1 Å². The number of nitrogens with one attached hydrogen (secondary N) is 1. The van der Waals surface area contributed by atoms with E-state index in [1.807, 2.05) is 0 Å². The Balaban J connectivity index is 2.09. The molecule has 0 aliphatic carbocycles. The Bertz CT molecular complexity index is 626. The third kappa shape index (κ3) is 1.75. The molecule has 2 amide bonds. The van der Waals surface area contributed by atoms with E-state index < -0.39 is 29.4 Å². The number of fused-ring (bicyclic) bond motifs is 1. The molecule has 0 spiro atoms. The molecule has 4 unspecified atom stereocenters. The molecule has 2 fully saturated rings. The number of imide groups is 1. The third-order valence-corrected chi connectivity index (χ3v) is 4.65. The Morgan fingerprint density at radius 3 is 2.73 bits per heavy atom. The van der Waals surface area contributed by atoms with Crippen LogP contribution in [0.15, 0.2) is 22.8 Å². The van der Waals surface area contributed by atoms with Crippen LogP contribution in [0.2, 0.25) is 0 Å². The fourth-order valence-electron chi connectivity index (χ4n) is 3.62. The van der Waals surface area contributed by atoms with Crippen molar-refractivity contribution in [1.29, 1.82) is 0 Å². The van der Waals surface area contributed by atoms with Crippen molar-refractivity contribution in [2.24, 2.45) is 11.8 Å². The highest BCUT2D eigenvalue weighted by Crippen LogP contribution is 2.48. The molecule has 0 bridgehead atoms. The van der Waals surface area contributed by atoms with Gasteiger partial charge in [-0.3, -0.25) is 24.6 Å². The Morgan fingerprint density at radius 1 is 1.45 bits per heavy atom. The molecule has 3 heterocycles. The van der Waals surface area contributed by atoms with Gasteiger partial charge in [-0.2, -0.15) is 0 Å². The van der Waals surface area contributed by atoms with Crippen molar-refractivity contribution in [1.82, 2.24) is 10.2 Å². The predicted molar refractivity (Wildman–Crippen MR) is 74.4 cm³/mol. The van der Waals surface area contributed by atoms with Gasteiger partial charge in [0.15, 0.2) is 0 Å². The van der Waals surface area contributed by atoms with Crippen molar-refractivity contribution in [2.75, 3.05) is 13.7 Å². The second kappa shape index (κ2) is 4.95. The van der Waals surface area contributed by atoms with Crippen LogP contribution in [-0.4, -0.2) is 41.9 Å². The molecular formula is C15H18N2O5. The van der Waals surface area contributed by atoms with Crippen LogP contribution >= 0.6 is 0 Å². The zero-order valence-corrected chi connectivity index (χ0v) is 12.7. The molecule has 1 N–H and O–H groups in total. The van der Waals surface area contributed by atoms with Crippen LogP contribution in [0.25, 0.3) is 0 Å². The van der Waals surface area contributed by atoms with Crippen molar-refractivity contribution in [3.63, 3.8) is 0 Å². The summed E-state index contributed by atoms with van der Waals surface area (Å²) >= 11 is 0. The number of rotatable bonds is 3. The van der Waals surface area contributed by atoms with Crippen LogP contribution < -0.4 is 5.32 Å². The minimum atomic E-state index is -1.26. The Labute approximate surface area is 127 Å². The number of likely N-dealkylation sites (tertiary alicyclic amines) is 1. The van der Waals surface area contributed by atoms with Crippen LogP contribution in [0.1, 0.15) is 25.6 Å². The second-order valence-electron chi connectivity index (χ2n) is 5.76. The van der Waals surface area contributed by atoms with E-state index in [0.29, 0.717) is 5.76 Å². The smallest absolute Gasteiger partial charge is 0.326 e. The highest BCUT2D eigenvalue weighted by Gasteiger charge is 2.67. The number of carbonyl (C=O) groups excluding carboxylic acids is 3. The van der Waals surface area contributed by atoms with Crippen molar-refractivity contribution < 1.29 is 23.5 Å². The van der Waals surface area contributed by atoms with E-state index in [4.69, 9.17) is 9.15 Å². The summed E-state index contributed by atoms with van der Waals surface area (Å²) in [6.07, 6.45) is 1.50. The molecule has 0 radical (unpaired) electrons. The first kappa shape index (κ1) is 14.8. The number of nitrogens with zero attached hydrogens (tertiary/aromatic N) is 1. The number of methoxy groups -OCH3 is 1. The molecule has 7 nitrogen and oxygen atoms in total. The van der Waals surface area contributed by atoms with Crippen molar-refractivity contribution in [2.45, 2.75) is 25.4 Å². The number of carbonyl (C=O) groups is 3. The van der Waals surface area contributed by atoms with Crippen molar-refractivity contribution >= 4 is 17.8 Å². The fourth-order valence-corrected chi connectivity index (χ4v) is 3.62. The van der Waals surface area contributed by atoms with Gasteiger partial charge in [-0.05, 0) is 26.0 Å². The van der Waals surface area contributed by atoms with E-state index in [1.165, 1.54) is 18.3 Å². The maximum atomic E-state index is 12.6. The first-order valence-corrected chi connectivity index (χ1v) is 7.20. The van der Waals surface area contributed by atoms with Crippen LogP contribution in [0.5, 0.6) is 0 Å². The Morgan fingerprint density at radius 2 is 2.18 bits per heavy atom. The molecule has 2 aliphatic rings. The number of hydrogen-bond donors (Lipinski definition) is 1. The lowest BCUT2D eigenvalue weighted by Crippen LogP contribution is -2.53. The fraction of sp³-hybridized carbons (Fsp3) is 0.533. The molecule has 2 saturated heterocycles. The zero-order valence-electron chi connectivity index (χ0n) is 12.7. The molecule has 22 heavy (non-hydrogen) atoms. The van der Waals surface area contributed by atoms with Gasteiger partial charge in [0.2, 0.25) is 11.8 Å². The number of esters is 1. The molecule has 1 aromatic heterocycles. The highest BCUT2D eigenvalue weighted by atomic mass is 16.5. The minimum absolute atomic E-state index is 0.279. The monoisotopic (exact) mass is 306 g/mol. The molecule has 118 valence electrons. The summed E-state index contributed by atoms with van der Waals surface area (Å²) in [5.41, 5.74) is -1.26. The van der Waals surface area contributed by atoms with E-state index in [2.05, 4.69) is 5.32 Å². The molecule has 3 rings (SSSR count). The summed E-state index contributed by atoms with van der Waals surface area (Å²) in [5, 5.41) is 3.09. The van der Waals surface area contributed by atoms with Crippen molar-refractivity contribution in [3.05, 3.63) is 24.2 Å². The van der Waals surface area contributed by atoms with Gasteiger partial charge >= 0.3 is 5.97 Å². The minimum Gasteiger partial charge on any atom is -0.468 e. The maximum Gasteiger partial charge on any atom is 0.326 e. The van der Waals surface area contributed by atoms with Crippen molar-refractivity contribution in [3.8, 4) is 0 Å². The van der Waals surface area contributed by atoms with Gasteiger partial charge < -0.3 is 9.15 Å². The maximum absolute atomic E-state index is 12.6. The van der Waals surface area contributed by atoms with Gasteiger partial charge in [0.05, 0.1) is 31.3 Å². The average Bonchev–Trinajstić information content (AvgIpc) is 3.17. The number of hydrogen-bond acceptors (Lipinski definition) is 6. The SMILES string of the molecule is CCN1C(=O)C2C(c3ccco3)NC(C)(C(=O)OC)C2C1=O. The molecule has 7 heteroatoms. The second-order valence-corrected chi connectivity index (χ2v) is 5.76. The van der Waals surface area contributed by atoms with E-state index in [1.54, 1.807) is 26.0 Å². The third-order valence-electron chi connectivity index (χ3n) is 4.65. The highest BCUT2D eigenvalue weighted by molar-refractivity contribution is 6.09. The first-order valence-electron chi connectivity index (χ1n) is 7.20. The topological polar surface area (TPSA) is 88.8 Å². The Kier molecular flexibility index (Phi) is 3.32. The van der Waals surface area contributed by atoms with Gasteiger partial charge in [0.25, 0.3) is 0 Å². The van der Waals surface area contributed by atoms with Gasteiger partial charge in [-0.25, -0.2) is 0 Å². The van der Waals surface area contributed by atoms with Gasteiger partial charge in [-0.1, -0.05) is 0 Å². The van der Waals surface area contributed by atoms with E-state index in [9.17, 15) is 14.4 Å². The predicted octanol–water partition coefficient (Wildman–Crippen LogP) is 0.477. The summed E-state index contributed by atoms with van der Waals surface area (Å²) in [4.78, 5) is 38.7. The van der Waals surface area contributed by atoms with Gasteiger partial charge in [0.1, 0.15) is 11.3 Å². The lowest BCUT2D eigenvalue weighted by Gasteiger charge is -2.27. The van der Waals surface area contributed by atoms with E-state index >= 15 is 0 Å². The largest absolute Gasteiger partial charge is 0.468 e. The lowest BCUT2D eigenvalue weighted by atomic mass is 9.81. The van der Waals surface area contributed by atoms with E-state index in [-0.39, 0.29) is 18.4 Å².